The van der Waals surface area contributed by atoms with Gasteiger partial charge >= 0.3 is 0 Å². The molecule has 108 valence electrons. The lowest BCUT2D eigenvalue weighted by Crippen LogP contribution is -2.62. The van der Waals surface area contributed by atoms with Crippen molar-refractivity contribution in [3.63, 3.8) is 0 Å². The predicted octanol–water partition coefficient (Wildman–Crippen LogP) is 1.29. The summed E-state index contributed by atoms with van der Waals surface area (Å²) in [7, 11) is 0. The molecule has 0 aromatic carbocycles. The van der Waals surface area contributed by atoms with Crippen molar-refractivity contribution >= 4 is 11.7 Å². The summed E-state index contributed by atoms with van der Waals surface area (Å²) in [6.45, 7) is 2.91. The number of aromatic nitrogens is 1. The minimum absolute atomic E-state index is 0.166. The van der Waals surface area contributed by atoms with E-state index in [0.29, 0.717) is 5.69 Å². The Morgan fingerprint density at radius 1 is 1.30 bits per heavy atom. The predicted molar refractivity (Wildman–Crippen MR) is 78.8 cm³/mol. The SMILES string of the molecule is NC(=O)c1cccc(N2CCNCC23CCCCC3)n1. The molecule has 1 aliphatic heterocycles. The van der Waals surface area contributed by atoms with Crippen LogP contribution >= 0.6 is 0 Å². The van der Waals surface area contributed by atoms with Gasteiger partial charge in [-0.1, -0.05) is 25.3 Å². The summed E-state index contributed by atoms with van der Waals surface area (Å²) in [4.78, 5) is 18.2. The number of anilines is 1. The highest BCUT2D eigenvalue weighted by molar-refractivity contribution is 5.91. The van der Waals surface area contributed by atoms with Crippen molar-refractivity contribution in [3.8, 4) is 0 Å². The Morgan fingerprint density at radius 2 is 2.10 bits per heavy atom. The van der Waals surface area contributed by atoms with Gasteiger partial charge in [-0.2, -0.15) is 0 Å². The topological polar surface area (TPSA) is 71.2 Å². The fourth-order valence-electron chi connectivity index (χ4n) is 3.57. The quantitative estimate of drug-likeness (QED) is 0.852. The van der Waals surface area contributed by atoms with Gasteiger partial charge in [0.2, 0.25) is 0 Å². The molecule has 3 N–H and O–H groups in total. The van der Waals surface area contributed by atoms with E-state index in [1.165, 1.54) is 32.1 Å². The molecule has 1 aromatic rings. The summed E-state index contributed by atoms with van der Waals surface area (Å²) in [5.41, 5.74) is 5.87. The minimum atomic E-state index is -0.459. The molecule has 0 radical (unpaired) electrons. The number of pyridine rings is 1. The molecule has 1 saturated heterocycles. The summed E-state index contributed by atoms with van der Waals surface area (Å²) in [6.07, 6.45) is 6.26. The van der Waals surface area contributed by atoms with Gasteiger partial charge in [-0.3, -0.25) is 4.79 Å². The van der Waals surface area contributed by atoms with Gasteiger partial charge in [-0.25, -0.2) is 4.98 Å². The Morgan fingerprint density at radius 3 is 2.85 bits per heavy atom. The van der Waals surface area contributed by atoms with Crippen molar-refractivity contribution in [3.05, 3.63) is 23.9 Å². The molecule has 2 fully saturated rings. The number of nitrogens with one attached hydrogen (secondary N) is 1. The lowest BCUT2D eigenvalue weighted by molar-refractivity contribution is 0.0995. The first kappa shape index (κ1) is 13.4. The first-order valence-electron chi connectivity index (χ1n) is 7.47. The second-order valence-electron chi connectivity index (χ2n) is 5.86. The van der Waals surface area contributed by atoms with Gasteiger partial charge in [0.1, 0.15) is 11.5 Å². The number of carbonyl (C=O) groups excluding carboxylic acids is 1. The molecule has 0 unspecified atom stereocenters. The number of primary amides is 1. The molecule has 0 bridgehead atoms. The van der Waals surface area contributed by atoms with Crippen LogP contribution in [0.3, 0.4) is 0 Å². The highest BCUT2D eigenvalue weighted by Gasteiger charge is 2.40. The summed E-state index contributed by atoms with van der Waals surface area (Å²) >= 11 is 0. The molecule has 2 heterocycles. The second-order valence-corrected chi connectivity index (χ2v) is 5.86. The molecule has 1 amide bonds. The van der Waals surface area contributed by atoms with Crippen LogP contribution in [-0.4, -0.2) is 36.1 Å². The summed E-state index contributed by atoms with van der Waals surface area (Å²) < 4.78 is 0. The number of hydrogen-bond donors (Lipinski definition) is 2. The van der Waals surface area contributed by atoms with Crippen LogP contribution in [0.2, 0.25) is 0 Å². The fourth-order valence-corrected chi connectivity index (χ4v) is 3.57. The third kappa shape index (κ3) is 2.38. The Bertz CT molecular complexity index is 488. The number of amides is 1. The number of rotatable bonds is 2. The van der Waals surface area contributed by atoms with Gasteiger partial charge in [0, 0.05) is 19.6 Å². The van der Waals surface area contributed by atoms with Gasteiger partial charge in [0.25, 0.3) is 5.91 Å². The third-order valence-electron chi connectivity index (χ3n) is 4.59. The molecule has 1 aromatic heterocycles. The van der Waals surface area contributed by atoms with E-state index >= 15 is 0 Å². The van der Waals surface area contributed by atoms with E-state index in [0.717, 1.165) is 25.5 Å². The molecule has 5 heteroatoms. The second kappa shape index (κ2) is 5.40. The monoisotopic (exact) mass is 274 g/mol. The maximum absolute atomic E-state index is 11.3. The van der Waals surface area contributed by atoms with E-state index in [-0.39, 0.29) is 5.54 Å². The molecule has 1 saturated carbocycles. The Hall–Kier alpha value is -1.62. The molecular formula is C15H22N4O. The Kier molecular flexibility index (Phi) is 3.61. The normalized spacial score (nSPS) is 21.9. The zero-order valence-electron chi connectivity index (χ0n) is 11.8. The first-order chi connectivity index (χ1) is 9.71. The number of nitrogens with zero attached hydrogens (tertiary/aromatic N) is 2. The number of nitrogens with two attached hydrogens (primary N) is 1. The highest BCUT2D eigenvalue weighted by atomic mass is 16.1. The number of hydrogen-bond acceptors (Lipinski definition) is 4. The molecule has 20 heavy (non-hydrogen) atoms. The van der Waals surface area contributed by atoms with Gasteiger partial charge in [0.15, 0.2) is 0 Å². The fraction of sp³-hybridized carbons (Fsp3) is 0.600. The molecular weight excluding hydrogens is 252 g/mol. The Balaban J connectivity index is 1.93. The molecule has 5 nitrogen and oxygen atoms in total. The average Bonchev–Trinajstić information content (AvgIpc) is 2.49. The summed E-state index contributed by atoms with van der Waals surface area (Å²) in [6, 6.07) is 5.55. The molecule has 2 aliphatic rings. The smallest absolute Gasteiger partial charge is 0.267 e. The maximum atomic E-state index is 11.3. The van der Waals surface area contributed by atoms with E-state index in [4.69, 9.17) is 5.73 Å². The van der Waals surface area contributed by atoms with Crippen LogP contribution in [0.4, 0.5) is 5.82 Å². The summed E-state index contributed by atoms with van der Waals surface area (Å²) in [5, 5.41) is 3.52. The van der Waals surface area contributed by atoms with Crippen LogP contribution in [0.5, 0.6) is 0 Å². The van der Waals surface area contributed by atoms with Crippen LogP contribution in [0.1, 0.15) is 42.6 Å². The highest BCUT2D eigenvalue weighted by Crippen LogP contribution is 2.36. The lowest BCUT2D eigenvalue weighted by Gasteiger charge is -2.50. The zero-order chi connectivity index (χ0) is 14.0. The van der Waals surface area contributed by atoms with Crippen molar-refractivity contribution in [2.45, 2.75) is 37.6 Å². The van der Waals surface area contributed by atoms with Crippen LogP contribution in [0.15, 0.2) is 18.2 Å². The van der Waals surface area contributed by atoms with Crippen molar-refractivity contribution in [2.75, 3.05) is 24.5 Å². The van der Waals surface area contributed by atoms with Crippen molar-refractivity contribution in [1.29, 1.82) is 0 Å². The van der Waals surface area contributed by atoms with Crippen LogP contribution in [0, 0.1) is 0 Å². The minimum Gasteiger partial charge on any atom is -0.364 e. The van der Waals surface area contributed by atoms with Crippen LogP contribution < -0.4 is 16.0 Å². The third-order valence-corrected chi connectivity index (χ3v) is 4.59. The van der Waals surface area contributed by atoms with E-state index in [1.807, 2.05) is 12.1 Å². The Labute approximate surface area is 119 Å². The van der Waals surface area contributed by atoms with E-state index < -0.39 is 5.91 Å². The first-order valence-corrected chi connectivity index (χ1v) is 7.47. The van der Waals surface area contributed by atoms with Crippen molar-refractivity contribution < 1.29 is 4.79 Å². The standard InChI is InChI=1S/C15H22N4O/c16-14(20)12-5-4-6-13(18-12)19-10-9-17-11-15(19)7-2-1-3-8-15/h4-6,17H,1-3,7-11H2,(H2,16,20). The van der Waals surface area contributed by atoms with E-state index in [1.54, 1.807) is 6.07 Å². The van der Waals surface area contributed by atoms with Gasteiger partial charge in [-0.15, -0.1) is 0 Å². The van der Waals surface area contributed by atoms with Crippen LogP contribution in [-0.2, 0) is 0 Å². The van der Waals surface area contributed by atoms with E-state index in [2.05, 4.69) is 15.2 Å². The van der Waals surface area contributed by atoms with Gasteiger partial charge in [-0.05, 0) is 25.0 Å². The lowest BCUT2D eigenvalue weighted by atomic mass is 9.79. The van der Waals surface area contributed by atoms with Gasteiger partial charge < -0.3 is 16.0 Å². The molecule has 0 atom stereocenters. The van der Waals surface area contributed by atoms with Crippen molar-refractivity contribution in [2.24, 2.45) is 5.73 Å². The van der Waals surface area contributed by atoms with E-state index in [9.17, 15) is 4.79 Å². The largest absolute Gasteiger partial charge is 0.364 e. The summed E-state index contributed by atoms with van der Waals surface area (Å²) in [5.74, 6) is 0.435. The van der Waals surface area contributed by atoms with Gasteiger partial charge in [0.05, 0.1) is 5.54 Å². The molecule has 3 rings (SSSR count). The number of carbonyl (C=O) groups is 1. The average molecular weight is 274 g/mol. The maximum Gasteiger partial charge on any atom is 0.267 e. The van der Waals surface area contributed by atoms with Crippen molar-refractivity contribution in [1.82, 2.24) is 10.3 Å². The number of piperazine rings is 1. The zero-order valence-corrected chi connectivity index (χ0v) is 11.8. The molecule has 1 spiro atoms. The molecule has 1 aliphatic carbocycles. The van der Waals surface area contributed by atoms with Crippen LogP contribution in [0.25, 0.3) is 0 Å².